The topological polar surface area (TPSA) is 73.1 Å². The van der Waals surface area contributed by atoms with Crippen LogP contribution in [0.3, 0.4) is 0 Å². The van der Waals surface area contributed by atoms with Crippen molar-refractivity contribution in [3.05, 3.63) is 47.7 Å². The van der Waals surface area contributed by atoms with Gasteiger partial charge >= 0.3 is 5.97 Å². The number of nitrogens with one attached hydrogen (secondary N) is 1. The number of imidazole rings is 1. The third-order valence-corrected chi connectivity index (χ3v) is 4.04. The maximum Gasteiger partial charge on any atom is 0.355 e. The highest BCUT2D eigenvalue weighted by Crippen LogP contribution is 2.39. The van der Waals surface area contributed by atoms with Crippen molar-refractivity contribution < 1.29 is 9.90 Å². The van der Waals surface area contributed by atoms with Crippen LogP contribution in [0, 0.1) is 0 Å². The molecule has 0 amide bonds. The number of hydrogen-bond donors (Lipinski definition) is 2. The number of nitrogens with zero attached hydrogens (tertiary/aromatic N) is 4. The van der Waals surface area contributed by atoms with E-state index in [1.165, 1.54) is 23.4 Å². The molecule has 0 saturated heterocycles. The van der Waals surface area contributed by atoms with Gasteiger partial charge in [-0.1, -0.05) is 6.07 Å². The maximum atomic E-state index is 11.1. The van der Waals surface area contributed by atoms with E-state index in [1.807, 2.05) is 16.7 Å². The van der Waals surface area contributed by atoms with Crippen molar-refractivity contribution in [2.45, 2.75) is 25.3 Å². The Morgan fingerprint density at radius 2 is 2.23 bits per heavy atom. The van der Waals surface area contributed by atoms with E-state index in [9.17, 15) is 4.79 Å². The van der Waals surface area contributed by atoms with Crippen molar-refractivity contribution in [3.63, 3.8) is 0 Å². The summed E-state index contributed by atoms with van der Waals surface area (Å²) in [5.74, 6) is -0.244. The molecule has 7 nitrogen and oxygen atoms in total. The highest BCUT2D eigenvalue weighted by atomic mass is 16.4. The predicted octanol–water partition coefficient (Wildman–Crippen LogP) is 1.30. The Kier molecular flexibility index (Phi) is 2.83. The molecule has 2 aliphatic rings. The number of fused-ring (bicyclic) bond motifs is 1. The average Bonchev–Trinajstić information content (AvgIpc) is 3.14. The smallest absolute Gasteiger partial charge is 0.355 e. The van der Waals surface area contributed by atoms with Crippen LogP contribution in [-0.4, -0.2) is 37.5 Å². The Morgan fingerprint density at radius 1 is 1.41 bits per heavy atom. The van der Waals surface area contributed by atoms with Gasteiger partial charge in [-0.3, -0.25) is 10.0 Å². The fraction of sp³-hybridized carbons (Fsp3) is 0.333. The highest BCUT2D eigenvalue weighted by molar-refractivity contribution is 5.85. The van der Waals surface area contributed by atoms with Gasteiger partial charge in [-0.2, -0.15) is 0 Å². The zero-order valence-electron chi connectivity index (χ0n) is 12.2. The van der Waals surface area contributed by atoms with Crippen molar-refractivity contribution >= 4 is 11.6 Å². The second-order valence-corrected chi connectivity index (χ2v) is 5.84. The van der Waals surface area contributed by atoms with Crippen molar-refractivity contribution in [3.8, 4) is 0 Å². The summed E-state index contributed by atoms with van der Waals surface area (Å²) >= 11 is 0. The van der Waals surface area contributed by atoms with Crippen molar-refractivity contribution in [1.29, 1.82) is 0 Å². The molecule has 2 aromatic heterocycles. The third-order valence-electron chi connectivity index (χ3n) is 4.04. The molecule has 0 aromatic carbocycles. The Balaban J connectivity index is 1.56. The van der Waals surface area contributed by atoms with Gasteiger partial charge < -0.3 is 9.51 Å². The van der Waals surface area contributed by atoms with Crippen LogP contribution < -0.4 is 5.53 Å². The summed E-state index contributed by atoms with van der Waals surface area (Å²) in [4.78, 5) is 15.6. The fourth-order valence-electron chi connectivity index (χ4n) is 2.76. The molecule has 2 N–H and O–H groups in total. The molecule has 3 heterocycles. The highest BCUT2D eigenvalue weighted by Gasteiger charge is 2.25. The molecule has 7 heteroatoms. The lowest BCUT2D eigenvalue weighted by atomic mass is 10.2. The van der Waals surface area contributed by atoms with E-state index in [0.717, 1.165) is 11.3 Å². The SMILES string of the molecule is CN1NN(Cc2cn3cc(C4CC4)ccc3n2)C=C1C(=O)O. The normalized spacial score (nSPS) is 18.1. The van der Waals surface area contributed by atoms with Gasteiger partial charge in [0.05, 0.1) is 18.4 Å². The minimum Gasteiger partial charge on any atom is -0.476 e. The lowest BCUT2D eigenvalue weighted by molar-refractivity contribution is -0.134. The second-order valence-electron chi connectivity index (χ2n) is 5.84. The molecule has 1 aliphatic carbocycles. The number of carboxylic acids is 1. The van der Waals surface area contributed by atoms with Crippen LogP contribution in [0.1, 0.15) is 30.0 Å². The van der Waals surface area contributed by atoms with E-state index in [1.54, 1.807) is 18.3 Å². The molecule has 22 heavy (non-hydrogen) atoms. The van der Waals surface area contributed by atoms with E-state index >= 15 is 0 Å². The van der Waals surface area contributed by atoms with Crippen LogP contribution in [0.25, 0.3) is 5.65 Å². The molecule has 0 spiro atoms. The van der Waals surface area contributed by atoms with Gasteiger partial charge in [-0.05, 0) is 30.4 Å². The summed E-state index contributed by atoms with van der Waals surface area (Å²) in [7, 11) is 1.67. The molecule has 1 fully saturated rings. The molecular weight excluding hydrogens is 282 g/mol. The predicted molar refractivity (Wildman–Crippen MR) is 79.3 cm³/mol. The minimum atomic E-state index is -0.957. The van der Waals surface area contributed by atoms with Gasteiger partial charge in [0.15, 0.2) is 5.70 Å². The number of rotatable bonds is 4. The summed E-state index contributed by atoms with van der Waals surface area (Å²) in [6, 6.07) is 4.19. The Hall–Kier alpha value is -2.54. The maximum absolute atomic E-state index is 11.1. The number of carboxylic acid groups (broad SMARTS) is 1. The summed E-state index contributed by atoms with van der Waals surface area (Å²) < 4.78 is 2.05. The van der Waals surface area contributed by atoms with Crippen molar-refractivity contribution in [1.82, 2.24) is 24.9 Å². The molecule has 0 bridgehead atoms. The first kappa shape index (κ1) is 13.1. The van der Waals surface area contributed by atoms with Crippen LogP contribution in [0.5, 0.6) is 0 Å². The van der Waals surface area contributed by atoms with Crippen LogP contribution in [0.4, 0.5) is 0 Å². The van der Waals surface area contributed by atoms with Crippen LogP contribution in [-0.2, 0) is 11.3 Å². The molecule has 114 valence electrons. The molecule has 0 radical (unpaired) electrons. The molecule has 2 aromatic rings. The number of hydrogen-bond acceptors (Lipinski definition) is 5. The van der Waals surface area contributed by atoms with E-state index in [4.69, 9.17) is 5.11 Å². The van der Waals surface area contributed by atoms with Crippen LogP contribution in [0.2, 0.25) is 0 Å². The summed E-state index contributed by atoms with van der Waals surface area (Å²) in [5.41, 5.74) is 6.33. The van der Waals surface area contributed by atoms with Gasteiger partial charge in [0, 0.05) is 19.4 Å². The first-order chi connectivity index (χ1) is 10.6. The molecular formula is C15H17N5O2. The number of hydrazine groups is 2. The Labute approximate surface area is 127 Å². The van der Waals surface area contributed by atoms with E-state index in [0.29, 0.717) is 12.5 Å². The summed E-state index contributed by atoms with van der Waals surface area (Å²) in [6.07, 6.45) is 8.27. The first-order valence-electron chi connectivity index (χ1n) is 7.29. The quantitative estimate of drug-likeness (QED) is 0.886. The van der Waals surface area contributed by atoms with Crippen LogP contribution in [0.15, 0.2) is 36.4 Å². The Morgan fingerprint density at radius 3 is 2.91 bits per heavy atom. The van der Waals surface area contributed by atoms with Gasteiger partial charge in [0.1, 0.15) is 5.65 Å². The molecule has 0 atom stereocenters. The third kappa shape index (κ3) is 2.29. The van der Waals surface area contributed by atoms with E-state index in [-0.39, 0.29) is 5.70 Å². The number of pyridine rings is 1. The molecule has 0 unspecified atom stereocenters. The average molecular weight is 299 g/mol. The fourth-order valence-corrected chi connectivity index (χ4v) is 2.76. The molecule has 4 rings (SSSR count). The van der Waals surface area contributed by atoms with Gasteiger partial charge in [-0.15, -0.1) is 5.53 Å². The zero-order chi connectivity index (χ0) is 15.3. The van der Waals surface area contributed by atoms with Gasteiger partial charge in [0.2, 0.25) is 0 Å². The number of aromatic nitrogens is 2. The lowest BCUT2D eigenvalue weighted by Crippen LogP contribution is -2.38. The van der Waals surface area contributed by atoms with E-state index < -0.39 is 5.97 Å². The lowest BCUT2D eigenvalue weighted by Gasteiger charge is -2.18. The zero-order valence-corrected chi connectivity index (χ0v) is 12.2. The molecule has 1 aliphatic heterocycles. The summed E-state index contributed by atoms with van der Waals surface area (Å²) in [6.45, 7) is 0.502. The van der Waals surface area contributed by atoms with Crippen molar-refractivity contribution in [2.24, 2.45) is 0 Å². The first-order valence-corrected chi connectivity index (χ1v) is 7.29. The largest absolute Gasteiger partial charge is 0.476 e. The summed E-state index contributed by atoms with van der Waals surface area (Å²) in [5, 5.41) is 12.3. The standard InChI is InChI=1S/C15H17N5O2/c1-18-13(15(21)22)9-20(17-18)8-12-7-19-6-11(10-2-3-10)4-5-14(19)16-12/h4-7,9-10,17H,2-3,8H2,1H3,(H,21,22). The van der Waals surface area contributed by atoms with Crippen molar-refractivity contribution in [2.75, 3.05) is 7.05 Å². The molecule has 1 saturated carbocycles. The number of likely N-dealkylation sites (N-methyl/N-ethyl adjacent to an activating group) is 1. The number of aliphatic carboxylic acids is 1. The van der Waals surface area contributed by atoms with Gasteiger partial charge in [-0.25, -0.2) is 9.78 Å². The van der Waals surface area contributed by atoms with Gasteiger partial charge in [0.25, 0.3) is 0 Å². The monoisotopic (exact) mass is 299 g/mol. The second kappa shape index (κ2) is 4.74. The number of carbonyl (C=O) groups is 1. The minimum absolute atomic E-state index is 0.208. The van der Waals surface area contributed by atoms with Crippen LogP contribution >= 0.6 is 0 Å². The Bertz CT molecular complexity index is 777. The van der Waals surface area contributed by atoms with E-state index in [2.05, 4.69) is 22.8 Å².